The fourth-order valence-electron chi connectivity index (χ4n) is 1.99. The van der Waals surface area contributed by atoms with E-state index in [0.29, 0.717) is 6.04 Å². The largest absolute Gasteiger partial charge is 0.381 e. The Morgan fingerprint density at radius 3 is 3.07 bits per heavy atom. The van der Waals surface area contributed by atoms with Crippen molar-refractivity contribution in [3.63, 3.8) is 0 Å². The summed E-state index contributed by atoms with van der Waals surface area (Å²) in [5.74, 6) is 0. The third-order valence-electron chi connectivity index (χ3n) is 2.87. The van der Waals surface area contributed by atoms with Crippen LogP contribution in [0.5, 0.6) is 0 Å². The zero-order valence-corrected chi connectivity index (χ0v) is 10.6. The average Bonchev–Trinajstić information content (AvgIpc) is 2.73. The number of hydrogen-bond donors (Lipinski definition) is 2. The van der Waals surface area contributed by atoms with Crippen LogP contribution in [0.25, 0.3) is 0 Å². The zero-order chi connectivity index (χ0) is 10.7. The lowest BCUT2D eigenvalue weighted by Crippen LogP contribution is -2.22. The van der Waals surface area contributed by atoms with Crippen LogP contribution in [0, 0.1) is 0 Å². The van der Waals surface area contributed by atoms with Gasteiger partial charge in [0.25, 0.3) is 0 Å². The third-order valence-corrected chi connectivity index (χ3v) is 3.36. The number of benzene rings is 1. The Bertz CT molecular complexity index is 332. The van der Waals surface area contributed by atoms with E-state index in [1.807, 2.05) is 0 Å². The molecule has 2 N–H and O–H groups in total. The van der Waals surface area contributed by atoms with E-state index in [0.717, 1.165) is 24.0 Å². The van der Waals surface area contributed by atoms with Gasteiger partial charge in [0.15, 0.2) is 0 Å². The Balaban J connectivity index is 2.12. The van der Waals surface area contributed by atoms with Crippen LogP contribution in [0.4, 0.5) is 5.69 Å². The van der Waals surface area contributed by atoms with Gasteiger partial charge in [-0.3, -0.25) is 0 Å². The molecule has 0 bridgehead atoms. The van der Waals surface area contributed by atoms with Gasteiger partial charge in [-0.15, -0.1) is 0 Å². The first kappa shape index (κ1) is 11.0. The molecule has 1 fully saturated rings. The monoisotopic (exact) mass is 268 g/mol. The normalized spacial score (nSPS) is 20.5. The molecule has 1 aliphatic heterocycles. The zero-order valence-electron chi connectivity index (χ0n) is 9.02. The maximum Gasteiger partial charge on any atom is 0.0398 e. The van der Waals surface area contributed by atoms with E-state index in [1.165, 1.54) is 17.7 Å². The molecule has 1 aromatic carbocycles. The minimum absolute atomic E-state index is 0.594. The molecule has 2 nitrogen and oxygen atoms in total. The van der Waals surface area contributed by atoms with Crippen molar-refractivity contribution in [2.75, 3.05) is 18.4 Å². The molecule has 0 radical (unpaired) electrons. The van der Waals surface area contributed by atoms with Crippen molar-refractivity contribution in [1.29, 1.82) is 0 Å². The summed E-state index contributed by atoms with van der Waals surface area (Å²) in [6, 6.07) is 7.06. The molecule has 15 heavy (non-hydrogen) atoms. The molecule has 0 saturated carbocycles. The predicted octanol–water partition coefficient (Wildman–Crippen LogP) is 2.79. The van der Waals surface area contributed by atoms with Gasteiger partial charge in [0, 0.05) is 22.7 Å². The Hall–Kier alpha value is -0.540. The summed E-state index contributed by atoms with van der Waals surface area (Å²) in [6.07, 6.45) is 2.29. The molecular weight excluding hydrogens is 252 g/mol. The van der Waals surface area contributed by atoms with Crippen LogP contribution >= 0.6 is 15.9 Å². The number of hydrogen-bond acceptors (Lipinski definition) is 2. The second-order valence-corrected chi connectivity index (χ2v) is 4.90. The molecule has 1 atom stereocenters. The first-order valence-electron chi connectivity index (χ1n) is 5.55. The van der Waals surface area contributed by atoms with E-state index >= 15 is 0 Å². The van der Waals surface area contributed by atoms with Crippen molar-refractivity contribution in [3.8, 4) is 0 Å². The molecule has 1 aromatic rings. The fourth-order valence-corrected chi connectivity index (χ4v) is 2.40. The number of halogens is 1. The van der Waals surface area contributed by atoms with Gasteiger partial charge < -0.3 is 10.6 Å². The molecule has 1 unspecified atom stereocenters. The molecule has 0 aromatic heterocycles. The van der Waals surface area contributed by atoms with Gasteiger partial charge in [-0.2, -0.15) is 0 Å². The third kappa shape index (κ3) is 2.73. The fraction of sp³-hybridized carbons (Fsp3) is 0.500. The molecule has 1 heterocycles. The van der Waals surface area contributed by atoms with Crippen LogP contribution in [0.1, 0.15) is 18.9 Å². The number of anilines is 1. The second-order valence-electron chi connectivity index (χ2n) is 3.99. The van der Waals surface area contributed by atoms with E-state index in [4.69, 9.17) is 0 Å². The Morgan fingerprint density at radius 1 is 1.53 bits per heavy atom. The summed E-state index contributed by atoms with van der Waals surface area (Å²) < 4.78 is 1.16. The van der Waals surface area contributed by atoms with Crippen LogP contribution in [0.2, 0.25) is 0 Å². The van der Waals surface area contributed by atoms with E-state index in [2.05, 4.69) is 51.7 Å². The molecule has 1 saturated heterocycles. The molecule has 2 rings (SSSR count). The van der Waals surface area contributed by atoms with Crippen molar-refractivity contribution in [2.45, 2.75) is 25.8 Å². The number of nitrogens with one attached hydrogen (secondary N) is 2. The van der Waals surface area contributed by atoms with Crippen molar-refractivity contribution >= 4 is 21.6 Å². The molecule has 0 amide bonds. The number of aryl methyl sites for hydroxylation is 1. The smallest absolute Gasteiger partial charge is 0.0398 e. The highest BCUT2D eigenvalue weighted by atomic mass is 79.9. The van der Waals surface area contributed by atoms with E-state index in [1.54, 1.807) is 0 Å². The van der Waals surface area contributed by atoms with Gasteiger partial charge in [-0.25, -0.2) is 0 Å². The van der Waals surface area contributed by atoms with Crippen molar-refractivity contribution < 1.29 is 0 Å². The summed E-state index contributed by atoms with van der Waals surface area (Å²) in [6.45, 7) is 4.41. The van der Waals surface area contributed by atoms with Gasteiger partial charge in [-0.05, 0) is 43.1 Å². The summed E-state index contributed by atoms with van der Waals surface area (Å²) in [5, 5.41) is 6.97. The first-order valence-corrected chi connectivity index (χ1v) is 6.34. The van der Waals surface area contributed by atoms with Crippen LogP contribution < -0.4 is 10.6 Å². The van der Waals surface area contributed by atoms with E-state index in [9.17, 15) is 0 Å². The molecule has 0 spiro atoms. The maximum atomic E-state index is 3.60. The minimum Gasteiger partial charge on any atom is -0.381 e. The molecule has 82 valence electrons. The lowest BCUT2D eigenvalue weighted by molar-refractivity contribution is 0.791. The first-order chi connectivity index (χ1) is 7.29. The number of rotatable bonds is 3. The summed E-state index contributed by atoms with van der Waals surface area (Å²) in [4.78, 5) is 0. The van der Waals surface area contributed by atoms with Gasteiger partial charge in [0.05, 0.1) is 0 Å². The maximum absolute atomic E-state index is 3.60. The molecule has 3 heteroatoms. The SMILES string of the molecule is CCc1cc(Br)ccc1NC1CCNC1. The summed E-state index contributed by atoms with van der Waals surface area (Å²) in [7, 11) is 0. The Labute approximate surface area is 99.6 Å². The molecule has 1 aliphatic rings. The minimum atomic E-state index is 0.594. The predicted molar refractivity (Wildman–Crippen MR) is 68.4 cm³/mol. The molecule has 0 aliphatic carbocycles. The summed E-state index contributed by atoms with van der Waals surface area (Å²) >= 11 is 3.51. The Morgan fingerprint density at radius 2 is 2.40 bits per heavy atom. The van der Waals surface area contributed by atoms with Gasteiger partial charge >= 0.3 is 0 Å². The van der Waals surface area contributed by atoms with Crippen LogP contribution in [-0.4, -0.2) is 19.1 Å². The quantitative estimate of drug-likeness (QED) is 0.881. The lowest BCUT2D eigenvalue weighted by Gasteiger charge is -2.16. The van der Waals surface area contributed by atoms with Gasteiger partial charge in [0.2, 0.25) is 0 Å². The molecular formula is C12H17BrN2. The topological polar surface area (TPSA) is 24.1 Å². The van der Waals surface area contributed by atoms with Gasteiger partial charge in [0.1, 0.15) is 0 Å². The highest BCUT2D eigenvalue weighted by Gasteiger charge is 2.14. The van der Waals surface area contributed by atoms with Crippen LogP contribution in [0.15, 0.2) is 22.7 Å². The second kappa shape index (κ2) is 4.99. The van der Waals surface area contributed by atoms with Crippen LogP contribution in [0.3, 0.4) is 0 Å². The van der Waals surface area contributed by atoms with Crippen molar-refractivity contribution in [3.05, 3.63) is 28.2 Å². The summed E-state index contributed by atoms with van der Waals surface area (Å²) in [5.41, 5.74) is 2.67. The van der Waals surface area contributed by atoms with Crippen molar-refractivity contribution in [1.82, 2.24) is 5.32 Å². The van der Waals surface area contributed by atoms with E-state index < -0.39 is 0 Å². The van der Waals surface area contributed by atoms with E-state index in [-0.39, 0.29) is 0 Å². The standard InChI is InChI=1S/C12H17BrN2/c1-2-9-7-10(13)3-4-12(9)15-11-5-6-14-8-11/h3-4,7,11,14-15H,2,5-6,8H2,1H3. The van der Waals surface area contributed by atoms with Crippen LogP contribution in [-0.2, 0) is 6.42 Å². The van der Waals surface area contributed by atoms with Gasteiger partial charge in [-0.1, -0.05) is 22.9 Å². The van der Waals surface area contributed by atoms with Crippen molar-refractivity contribution in [2.24, 2.45) is 0 Å². The average molecular weight is 269 g/mol. The highest BCUT2D eigenvalue weighted by Crippen LogP contribution is 2.23. The Kier molecular flexibility index (Phi) is 3.65. The lowest BCUT2D eigenvalue weighted by atomic mass is 10.1. The highest BCUT2D eigenvalue weighted by molar-refractivity contribution is 9.10.